The van der Waals surface area contributed by atoms with Crippen LogP contribution in [0.5, 0.6) is 0 Å². The molecule has 0 aliphatic carbocycles. The fourth-order valence-electron chi connectivity index (χ4n) is 3.49. The first kappa shape index (κ1) is 15.8. The van der Waals surface area contributed by atoms with Gasteiger partial charge in [0.15, 0.2) is 0 Å². The van der Waals surface area contributed by atoms with Crippen molar-refractivity contribution in [2.45, 2.75) is 64.2 Å². The van der Waals surface area contributed by atoms with E-state index in [4.69, 9.17) is 9.47 Å². The molecule has 122 valence electrons. The molecule has 4 nitrogen and oxygen atoms in total. The summed E-state index contributed by atoms with van der Waals surface area (Å²) in [4.78, 5) is 15.6. The number of nitrogens with zero attached hydrogens (tertiary/aromatic N) is 1. The Morgan fingerprint density at radius 3 is 2.95 bits per heavy atom. The van der Waals surface area contributed by atoms with Crippen molar-refractivity contribution in [1.29, 1.82) is 0 Å². The largest absolute Gasteiger partial charge is 0.444 e. The van der Waals surface area contributed by atoms with E-state index >= 15 is 0 Å². The summed E-state index contributed by atoms with van der Waals surface area (Å²) >= 11 is 1.79. The second-order valence-electron chi connectivity index (χ2n) is 7.34. The number of carbonyl (C=O) groups is 1. The molecule has 0 saturated carbocycles. The third kappa shape index (κ3) is 2.88. The van der Waals surface area contributed by atoms with E-state index in [2.05, 4.69) is 18.4 Å². The van der Waals surface area contributed by atoms with Gasteiger partial charge < -0.3 is 14.4 Å². The summed E-state index contributed by atoms with van der Waals surface area (Å²) in [5.41, 5.74) is 0.780. The molecule has 0 radical (unpaired) electrons. The molecule has 1 aromatic rings. The third-order valence-corrected chi connectivity index (χ3v) is 5.59. The Bertz CT molecular complexity index is 562. The van der Waals surface area contributed by atoms with Crippen LogP contribution in [0.25, 0.3) is 0 Å². The predicted molar refractivity (Wildman–Crippen MR) is 87.3 cm³/mol. The quantitative estimate of drug-likeness (QED) is 0.726. The molecular weight excluding hydrogens is 298 g/mol. The van der Waals surface area contributed by atoms with Gasteiger partial charge in [0, 0.05) is 23.9 Å². The van der Waals surface area contributed by atoms with Crippen LogP contribution in [-0.4, -0.2) is 35.8 Å². The van der Waals surface area contributed by atoms with Crippen LogP contribution in [0.15, 0.2) is 11.4 Å². The number of hydrogen-bond acceptors (Lipinski definition) is 4. The Balaban J connectivity index is 1.75. The zero-order valence-corrected chi connectivity index (χ0v) is 14.7. The number of likely N-dealkylation sites (tertiary alicyclic amines) is 1. The van der Waals surface area contributed by atoms with Gasteiger partial charge in [-0.3, -0.25) is 0 Å². The number of amides is 1. The van der Waals surface area contributed by atoms with Crippen molar-refractivity contribution in [3.8, 4) is 0 Å². The number of carbonyl (C=O) groups excluding carboxylic acids is 1. The van der Waals surface area contributed by atoms with Crippen LogP contribution >= 0.6 is 11.3 Å². The molecule has 0 aromatic carbocycles. The summed E-state index contributed by atoms with van der Waals surface area (Å²) in [6, 6.07) is 2.34. The van der Waals surface area contributed by atoms with E-state index in [1.165, 1.54) is 10.4 Å². The topological polar surface area (TPSA) is 38.8 Å². The van der Waals surface area contributed by atoms with Gasteiger partial charge in [-0.2, -0.15) is 0 Å². The van der Waals surface area contributed by atoms with Crippen LogP contribution < -0.4 is 0 Å². The molecular formula is C17H25NO3S. The molecule has 22 heavy (non-hydrogen) atoms. The lowest BCUT2D eigenvalue weighted by atomic mass is 9.82. The highest BCUT2D eigenvalue weighted by Crippen LogP contribution is 2.45. The molecule has 1 fully saturated rings. The molecule has 0 unspecified atom stereocenters. The molecule has 3 rings (SSSR count). The molecule has 1 aromatic heterocycles. The highest BCUT2D eigenvalue weighted by molar-refractivity contribution is 7.10. The molecule has 5 heteroatoms. The average molecular weight is 323 g/mol. The van der Waals surface area contributed by atoms with Crippen LogP contribution in [0, 0.1) is 0 Å². The monoisotopic (exact) mass is 323 g/mol. The van der Waals surface area contributed by atoms with Crippen molar-refractivity contribution in [3.05, 3.63) is 21.9 Å². The second kappa shape index (κ2) is 5.53. The van der Waals surface area contributed by atoms with Gasteiger partial charge in [-0.05, 0) is 57.5 Å². The number of piperidine rings is 1. The van der Waals surface area contributed by atoms with Crippen molar-refractivity contribution >= 4 is 17.4 Å². The first-order valence-electron chi connectivity index (χ1n) is 8.01. The third-order valence-electron chi connectivity index (χ3n) is 4.45. The fourth-order valence-corrected chi connectivity index (χ4v) is 4.64. The molecule has 0 N–H and O–H groups in total. The Morgan fingerprint density at radius 1 is 1.50 bits per heavy atom. The summed E-state index contributed by atoms with van der Waals surface area (Å²) < 4.78 is 11.7. The minimum absolute atomic E-state index is 0.122. The maximum absolute atomic E-state index is 12.4. The Kier molecular flexibility index (Phi) is 3.98. The lowest BCUT2D eigenvalue weighted by Crippen LogP contribution is -2.53. The van der Waals surface area contributed by atoms with E-state index in [1.807, 2.05) is 25.7 Å². The van der Waals surface area contributed by atoms with E-state index in [0.29, 0.717) is 6.54 Å². The summed E-state index contributed by atoms with van der Waals surface area (Å²) in [5, 5.41) is 2.16. The van der Waals surface area contributed by atoms with E-state index < -0.39 is 5.60 Å². The van der Waals surface area contributed by atoms with Gasteiger partial charge in [0.1, 0.15) is 11.2 Å². The highest BCUT2D eigenvalue weighted by Gasteiger charge is 2.46. The summed E-state index contributed by atoms with van der Waals surface area (Å²) in [6.07, 6.45) is 2.49. The van der Waals surface area contributed by atoms with Crippen LogP contribution in [0.1, 0.15) is 51.0 Å². The van der Waals surface area contributed by atoms with Gasteiger partial charge in [-0.1, -0.05) is 0 Å². The first-order valence-corrected chi connectivity index (χ1v) is 8.89. The van der Waals surface area contributed by atoms with E-state index in [9.17, 15) is 4.79 Å². The Labute approximate surface area is 136 Å². The first-order chi connectivity index (χ1) is 10.3. The van der Waals surface area contributed by atoms with Gasteiger partial charge in [0.2, 0.25) is 0 Å². The summed E-state index contributed by atoms with van der Waals surface area (Å²) in [6.45, 7) is 9.28. The van der Waals surface area contributed by atoms with Gasteiger partial charge in [0.25, 0.3) is 0 Å². The van der Waals surface area contributed by atoms with Crippen molar-refractivity contribution in [2.75, 3.05) is 13.2 Å². The normalized spacial score (nSPS) is 28.5. The maximum atomic E-state index is 12.4. The van der Waals surface area contributed by atoms with Gasteiger partial charge in [0.05, 0.1) is 6.61 Å². The van der Waals surface area contributed by atoms with E-state index in [-0.39, 0.29) is 17.7 Å². The molecule has 2 aliphatic heterocycles. The molecule has 2 atom stereocenters. The molecule has 2 aliphatic rings. The highest BCUT2D eigenvalue weighted by atomic mass is 32.1. The minimum atomic E-state index is -0.450. The fraction of sp³-hybridized carbons (Fsp3) is 0.706. The predicted octanol–water partition coefficient (Wildman–Crippen LogP) is 3.94. The zero-order chi connectivity index (χ0) is 16.0. The molecule has 1 spiro atoms. The molecule has 0 bridgehead atoms. The van der Waals surface area contributed by atoms with Crippen molar-refractivity contribution in [2.24, 2.45) is 0 Å². The lowest BCUT2D eigenvalue weighted by molar-refractivity contribution is -0.108. The SMILES string of the molecule is C[C@H]1C[C@]2(CCN1C(=O)OC(C)(C)C)OCCc1ccsc12. The number of fused-ring (bicyclic) bond motifs is 2. The molecule has 1 amide bonds. The van der Waals surface area contributed by atoms with Crippen molar-refractivity contribution in [3.63, 3.8) is 0 Å². The van der Waals surface area contributed by atoms with Crippen molar-refractivity contribution in [1.82, 2.24) is 4.90 Å². The van der Waals surface area contributed by atoms with E-state index in [1.54, 1.807) is 11.3 Å². The van der Waals surface area contributed by atoms with Gasteiger partial charge >= 0.3 is 6.09 Å². The zero-order valence-electron chi connectivity index (χ0n) is 13.8. The molecule has 1 saturated heterocycles. The summed E-state index contributed by atoms with van der Waals surface area (Å²) in [7, 11) is 0. The lowest BCUT2D eigenvalue weighted by Gasteiger charge is -2.46. The second-order valence-corrected chi connectivity index (χ2v) is 8.26. The van der Waals surface area contributed by atoms with Crippen LogP contribution in [0.4, 0.5) is 4.79 Å². The van der Waals surface area contributed by atoms with Crippen molar-refractivity contribution < 1.29 is 14.3 Å². The standard InChI is InChI=1S/C17H25NO3S/c1-12-11-17(14-13(5-9-20-17)6-10-22-14)7-8-18(12)15(19)21-16(2,3)4/h6,10,12H,5,7-9,11H2,1-4H3/t12-,17-/m0/s1. The number of thiophene rings is 1. The number of rotatable bonds is 0. The van der Waals surface area contributed by atoms with Gasteiger partial charge in [-0.25, -0.2) is 4.79 Å². The van der Waals surface area contributed by atoms with Crippen LogP contribution in [-0.2, 0) is 21.5 Å². The number of ether oxygens (including phenoxy) is 2. The summed E-state index contributed by atoms with van der Waals surface area (Å²) in [5.74, 6) is 0. The van der Waals surface area contributed by atoms with Crippen LogP contribution in [0.3, 0.4) is 0 Å². The Hall–Kier alpha value is -1.07. The smallest absolute Gasteiger partial charge is 0.410 e. The minimum Gasteiger partial charge on any atom is -0.444 e. The van der Waals surface area contributed by atoms with Gasteiger partial charge in [-0.15, -0.1) is 11.3 Å². The average Bonchev–Trinajstić information content (AvgIpc) is 2.86. The van der Waals surface area contributed by atoms with E-state index in [0.717, 1.165) is 25.9 Å². The maximum Gasteiger partial charge on any atom is 0.410 e. The van der Waals surface area contributed by atoms with Crippen LogP contribution in [0.2, 0.25) is 0 Å². The number of hydrogen-bond donors (Lipinski definition) is 0. The Morgan fingerprint density at radius 2 is 2.27 bits per heavy atom. The molecule has 3 heterocycles.